The van der Waals surface area contributed by atoms with Crippen LogP contribution in [0.25, 0.3) is 22.4 Å². The molecule has 3 aromatic rings. The molecule has 0 aliphatic heterocycles. The highest BCUT2D eigenvalue weighted by Crippen LogP contribution is 2.27. The molecule has 5 heteroatoms. The number of aromatic amines is 1. The Kier molecular flexibility index (Phi) is 1.80. The number of rotatable bonds is 1. The van der Waals surface area contributed by atoms with Gasteiger partial charge < -0.3 is 9.40 Å². The van der Waals surface area contributed by atoms with Crippen molar-refractivity contribution >= 4 is 10.9 Å². The molecule has 0 fully saturated rings. The quantitative estimate of drug-likeness (QED) is 0.637. The van der Waals surface area contributed by atoms with Crippen LogP contribution in [-0.2, 0) is 0 Å². The van der Waals surface area contributed by atoms with Gasteiger partial charge in [0.1, 0.15) is 6.26 Å². The first kappa shape index (κ1) is 9.08. The zero-order chi connectivity index (χ0) is 11.1. The van der Waals surface area contributed by atoms with Gasteiger partial charge in [-0.15, -0.1) is 0 Å². The summed E-state index contributed by atoms with van der Waals surface area (Å²) in [4.78, 5) is 10.8. The summed E-state index contributed by atoms with van der Waals surface area (Å²) in [6.07, 6.45) is 4.74. The molecule has 80 valence electrons. The molecule has 0 amide bonds. The number of fused-ring (bicyclic) bond motifs is 1. The summed E-state index contributed by atoms with van der Waals surface area (Å²) in [5.74, 6) is -0.0361. The molecular weight excluding hydrogens is 209 g/mol. The molecule has 0 radical (unpaired) electrons. The van der Waals surface area contributed by atoms with Gasteiger partial charge in [0.05, 0.1) is 23.0 Å². The Morgan fingerprint density at radius 3 is 3.06 bits per heavy atom. The van der Waals surface area contributed by atoms with Gasteiger partial charge in [0.2, 0.25) is 11.8 Å². The number of hydrogen-bond donors (Lipinski definition) is 1. The first-order chi connectivity index (χ1) is 7.74. The second-order valence-corrected chi connectivity index (χ2v) is 3.55. The van der Waals surface area contributed by atoms with Gasteiger partial charge in [-0.1, -0.05) is 0 Å². The molecule has 0 aromatic carbocycles. The van der Waals surface area contributed by atoms with Gasteiger partial charge in [-0.3, -0.25) is 0 Å². The molecule has 0 atom stereocenters. The minimum atomic E-state index is -0.517. The summed E-state index contributed by atoms with van der Waals surface area (Å²) in [5.41, 5.74) is 2.29. The lowest BCUT2D eigenvalue weighted by Crippen LogP contribution is -1.81. The number of aromatic nitrogens is 3. The van der Waals surface area contributed by atoms with Crippen molar-refractivity contribution < 1.29 is 8.81 Å². The van der Waals surface area contributed by atoms with Crippen molar-refractivity contribution in [2.24, 2.45) is 0 Å². The molecule has 0 aliphatic rings. The van der Waals surface area contributed by atoms with Gasteiger partial charge >= 0.3 is 0 Å². The van der Waals surface area contributed by atoms with E-state index in [1.54, 1.807) is 12.5 Å². The van der Waals surface area contributed by atoms with E-state index in [1.165, 1.54) is 12.3 Å². The molecular formula is C11H8FN3O. The van der Waals surface area contributed by atoms with Crippen LogP contribution < -0.4 is 0 Å². The SMILES string of the molecule is Cc1coc(-c2c[nH]c3cnc(F)cc23)n1. The van der Waals surface area contributed by atoms with Crippen LogP contribution in [0.1, 0.15) is 5.69 Å². The fraction of sp³-hybridized carbons (Fsp3) is 0.0909. The van der Waals surface area contributed by atoms with Gasteiger partial charge in [0, 0.05) is 17.6 Å². The highest BCUT2D eigenvalue weighted by molar-refractivity contribution is 5.92. The van der Waals surface area contributed by atoms with Gasteiger partial charge in [-0.05, 0) is 6.92 Å². The van der Waals surface area contributed by atoms with Crippen molar-refractivity contribution in [3.05, 3.63) is 36.4 Å². The van der Waals surface area contributed by atoms with Crippen molar-refractivity contribution in [3.8, 4) is 11.5 Å². The molecule has 0 aliphatic carbocycles. The van der Waals surface area contributed by atoms with E-state index in [0.29, 0.717) is 11.3 Å². The molecule has 0 saturated carbocycles. The summed E-state index contributed by atoms with van der Waals surface area (Å²) >= 11 is 0. The van der Waals surface area contributed by atoms with Gasteiger partial charge in [-0.25, -0.2) is 9.97 Å². The molecule has 3 heterocycles. The van der Waals surface area contributed by atoms with Crippen LogP contribution >= 0.6 is 0 Å². The molecule has 0 saturated heterocycles. The Morgan fingerprint density at radius 2 is 2.31 bits per heavy atom. The lowest BCUT2D eigenvalue weighted by Gasteiger charge is -1.92. The van der Waals surface area contributed by atoms with Crippen molar-refractivity contribution in [2.45, 2.75) is 6.92 Å². The zero-order valence-electron chi connectivity index (χ0n) is 8.49. The van der Waals surface area contributed by atoms with Gasteiger partial charge in [0.15, 0.2) is 0 Å². The third-order valence-corrected chi connectivity index (χ3v) is 2.38. The van der Waals surface area contributed by atoms with E-state index in [1.807, 2.05) is 6.92 Å². The van der Waals surface area contributed by atoms with E-state index in [0.717, 1.165) is 16.8 Å². The summed E-state index contributed by atoms with van der Waals surface area (Å²) in [5, 5.41) is 0.717. The summed E-state index contributed by atoms with van der Waals surface area (Å²) < 4.78 is 18.3. The fourth-order valence-corrected chi connectivity index (χ4v) is 1.65. The lowest BCUT2D eigenvalue weighted by molar-refractivity contribution is 0.574. The molecule has 0 bridgehead atoms. The minimum absolute atomic E-state index is 0.481. The van der Waals surface area contributed by atoms with Crippen molar-refractivity contribution in [1.29, 1.82) is 0 Å². The number of pyridine rings is 1. The largest absolute Gasteiger partial charge is 0.444 e. The van der Waals surface area contributed by atoms with Crippen molar-refractivity contribution in [1.82, 2.24) is 15.0 Å². The standard InChI is InChI=1S/C11H8FN3O/c1-6-5-16-11(15-6)8-3-13-9-4-14-10(12)2-7(8)9/h2-5,13H,1H3. The van der Waals surface area contributed by atoms with E-state index in [-0.39, 0.29) is 0 Å². The average Bonchev–Trinajstić information content (AvgIpc) is 2.83. The number of nitrogens with one attached hydrogen (secondary N) is 1. The van der Waals surface area contributed by atoms with E-state index in [9.17, 15) is 4.39 Å². The second-order valence-electron chi connectivity index (χ2n) is 3.55. The highest BCUT2D eigenvalue weighted by atomic mass is 19.1. The number of H-pyrrole nitrogens is 1. The lowest BCUT2D eigenvalue weighted by atomic mass is 10.2. The Morgan fingerprint density at radius 1 is 1.44 bits per heavy atom. The first-order valence-corrected chi connectivity index (χ1v) is 4.79. The smallest absolute Gasteiger partial charge is 0.228 e. The summed E-state index contributed by atoms with van der Waals surface area (Å²) in [7, 11) is 0. The highest BCUT2D eigenvalue weighted by Gasteiger charge is 2.11. The van der Waals surface area contributed by atoms with Crippen LogP contribution in [0.5, 0.6) is 0 Å². The fourth-order valence-electron chi connectivity index (χ4n) is 1.65. The third-order valence-electron chi connectivity index (χ3n) is 2.38. The van der Waals surface area contributed by atoms with E-state index in [4.69, 9.17) is 4.42 Å². The predicted molar refractivity (Wildman–Crippen MR) is 56.3 cm³/mol. The number of nitrogens with zero attached hydrogens (tertiary/aromatic N) is 2. The monoisotopic (exact) mass is 217 g/mol. The van der Waals surface area contributed by atoms with Crippen LogP contribution in [-0.4, -0.2) is 15.0 Å². The maximum absolute atomic E-state index is 13.0. The van der Waals surface area contributed by atoms with Crippen LogP contribution in [0, 0.1) is 12.9 Å². The van der Waals surface area contributed by atoms with E-state index in [2.05, 4.69) is 15.0 Å². The average molecular weight is 217 g/mol. The number of oxazole rings is 1. The molecule has 0 unspecified atom stereocenters. The third kappa shape index (κ3) is 1.29. The zero-order valence-corrected chi connectivity index (χ0v) is 8.49. The molecule has 0 spiro atoms. The molecule has 3 rings (SSSR count). The maximum atomic E-state index is 13.0. The Bertz CT molecular complexity index is 656. The van der Waals surface area contributed by atoms with Gasteiger partial charge in [-0.2, -0.15) is 4.39 Å². The van der Waals surface area contributed by atoms with Crippen LogP contribution in [0.2, 0.25) is 0 Å². The normalized spacial score (nSPS) is 11.1. The van der Waals surface area contributed by atoms with E-state index < -0.39 is 5.95 Å². The topological polar surface area (TPSA) is 54.7 Å². The molecule has 16 heavy (non-hydrogen) atoms. The van der Waals surface area contributed by atoms with Crippen LogP contribution in [0.15, 0.2) is 29.1 Å². The summed E-state index contributed by atoms with van der Waals surface area (Å²) in [6.45, 7) is 1.84. The first-order valence-electron chi connectivity index (χ1n) is 4.79. The van der Waals surface area contributed by atoms with Crippen LogP contribution in [0.3, 0.4) is 0 Å². The van der Waals surface area contributed by atoms with E-state index >= 15 is 0 Å². The molecule has 1 N–H and O–H groups in total. The van der Waals surface area contributed by atoms with Crippen LogP contribution in [0.4, 0.5) is 4.39 Å². The number of hydrogen-bond acceptors (Lipinski definition) is 3. The molecule has 4 nitrogen and oxygen atoms in total. The second kappa shape index (κ2) is 3.16. The maximum Gasteiger partial charge on any atom is 0.228 e. The summed E-state index contributed by atoms with van der Waals surface area (Å²) in [6, 6.07) is 1.36. The Hall–Kier alpha value is -2.17. The van der Waals surface area contributed by atoms with Crippen molar-refractivity contribution in [2.75, 3.05) is 0 Å². The Balaban J connectivity index is 2.27. The predicted octanol–water partition coefficient (Wildman–Crippen LogP) is 2.67. The number of aryl methyl sites for hydroxylation is 1. The van der Waals surface area contributed by atoms with Gasteiger partial charge in [0.25, 0.3) is 0 Å². The van der Waals surface area contributed by atoms with Crippen molar-refractivity contribution in [3.63, 3.8) is 0 Å². The number of halogens is 1. The molecule has 3 aromatic heterocycles. The Labute approximate surface area is 90.1 Å². The minimum Gasteiger partial charge on any atom is -0.444 e.